The summed E-state index contributed by atoms with van der Waals surface area (Å²) in [6.45, 7) is 6.39. The highest BCUT2D eigenvalue weighted by molar-refractivity contribution is 5.55. The van der Waals surface area contributed by atoms with Gasteiger partial charge in [-0.25, -0.2) is 0 Å². The highest BCUT2D eigenvalue weighted by atomic mass is 15.1. The van der Waals surface area contributed by atoms with E-state index in [1.165, 1.54) is 28.8 Å². The minimum Gasteiger partial charge on any atom is -0.367 e. The van der Waals surface area contributed by atoms with Crippen LogP contribution in [0, 0.1) is 0 Å². The number of benzene rings is 2. The summed E-state index contributed by atoms with van der Waals surface area (Å²) in [4.78, 5) is 2.52. The molecule has 1 aliphatic heterocycles. The van der Waals surface area contributed by atoms with Gasteiger partial charge in [-0.15, -0.1) is 0 Å². The first-order valence-electron chi connectivity index (χ1n) is 7.99. The summed E-state index contributed by atoms with van der Waals surface area (Å²) in [5, 5.41) is 3.52. The SMILES string of the molecule is CCCNCc1ccccc1N1CCc2ccccc2C1. The highest BCUT2D eigenvalue weighted by Crippen LogP contribution is 2.27. The van der Waals surface area contributed by atoms with Crippen molar-refractivity contribution in [2.24, 2.45) is 0 Å². The molecule has 21 heavy (non-hydrogen) atoms. The van der Waals surface area contributed by atoms with Gasteiger partial charge in [0.25, 0.3) is 0 Å². The Bertz CT molecular complexity index is 592. The largest absolute Gasteiger partial charge is 0.367 e. The number of fused-ring (bicyclic) bond motifs is 1. The van der Waals surface area contributed by atoms with Crippen molar-refractivity contribution < 1.29 is 0 Å². The molecule has 0 spiro atoms. The summed E-state index contributed by atoms with van der Waals surface area (Å²) < 4.78 is 0. The summed E-state index contributed by atoms with van der Waals surface area (Å²) in [6, 6.07) is 17.6. The molecule has 0 fully saturated rings. The maximum atomic E-state index is 3.52. The predicted molar refractivity (Wildman–Crippen MR) is 89.6 cm³/mol. The number of para-hydroxylation sites is 1. The molecule has 2 nitrogen and oxygen atoms in total. The molecule has 2 aromatic rings. The number of hydrogen-bond acceptors (Lipinski definition) is 2. The first-order valence-corrected chi connectivity index (χ1v) is 7.99. The van der Waals surface area contributed by atoms with Gasteiger partial charge in [-0.05, 0) is 42.1 Å². The van der Waals surface area contributed by atoms with E-state index >= 15 is 0 Å². The Hall–Kier alpha value is -1.80. The fourth-order valence-electron chi connectivity index (χ4n) is 3.07. The predicted octanol–water partition coefficient (Wildman–Crippen LogP) is 3.75. The second kappa shape index (κ2) is 6.77. The van der Waals surface area contributed by atoms with Crippen molar-refractivity contribution in [3.8, 4) is 0 Å². The Balaban J connectivity index is 1.78. The minimum absolute atomic E-state index is 0.960. The van der Waals surface area contributed by atoms with E-state index in [-0.39, 0.29) is 0 Å². The van der Waals surface area contributed by atoms with E-state index in [1.54, 1.807) is 0 Å². The quantitative estimate of drug-likeness (QED) is 0.839. The second-order valence-corrected chi connectivity index (χ2v) is 5.75. The lowest BCUT2D eigenvalue weighted by atomic mass is 9.98. The van der Waals surface area contributed by atoms with E-state index in [1.807, 2.05) is 0 Å². The minimum atomic E-state index is 0.960. The molecule has 1 heterocycles. The molecule has 2 heteroatoms. The molecule has 0 unspecified atom stereocenters. The van der Waals surface area contributed by atoms with E-state index in [9.17, 15) is 0 Å². The fourth-order valence-corrected chi connectivity index (χ4v) is 3.07. The molecule has 0 aliphatic carbocycles. The molecule has 0 amide bonds. The van der Waals surface area contributed by atoms with Crippen LogP contribution in [0.5, 0.6) is 0 Å². The standard InChI is InChI=1S/C19H24N2/c1-2-12-20-14-17-8-5-6-10-19(17)21-13-11-16-7-3-4-9-18(16)15-21/h3-10,20H,2,11-15H2,1H3. The Morgan fingerprint density at radius 2 is 1.76 bits per heavy atom. The summed E-state index contributed by atoms with van der Waals surface area (Å²) in [5.41, 5.74) is 5.77. The summed E-state index contributed by atoms with van der Waals surface area (Å²) in [7, 11) is 0. The molecule has 0 atom stereocenters. The summed E-state index contributed by atoms with van der Waals surface area (Å²) in [5.74, 6) is 0. The fraction of sp³-hybridized carbons (Fsp3) is 0.368. The lowest BCUT2D eigenvalue weighted by Crippen LogP contribution is -2.31. The van der Waals surface area contributed by atoms with E-state index < -0.39 is 0 Å². The normalized spacial score (nSPS) is 14.0. The van der Waals surface area contributed by atoms with Crippen molar-refractivity contribution in [2.75, 3.05) is 18.0 Å². The average Bonchev–Trinajstić information content (AvgIpc) is 2.55. The number of nitrogens with one attached hydrogen (secondary N) is 1. The van der Waals surface area contributed by atoms with Crippen molar-refractivity contribution in [3.63, 3.8) is 0 Å². The molecule has 0 bridgehead atoms. The van der Waals surface area contributed by atoms with Crippen LogP contribution in [0.3, 0.4) is 0 Å². The van der Waals surface area contributed by atoms with Crippen molar-refractivity contribution in [1.82, 2.24) is 5.32 Å². The third-order valence-electron chi connectivity index (χ3n) is 4.21. The van der Waals surface area contributed by atoms with Gasteiger partial charge in [-0.3, -0.25) is 0 Å². The van der Waals surface area contributed by atoms with Gasteiger partial charge >= 0.3 is 0 Å². The summed E-state index contributed by atoms with van der Waals surface area (Å²) in [6.07, 6.45) is 2.33. The smallest absolute Gasteiger partial charge is 0.0432 e. The zero-order valence-electron chi connectivity index (χ0n) is 12.8. The van der Waals surface area contributed by atoms with E-state index in [0.717, 1.165) is 32.6 Å². The van der Waals surface area contributed by atoms with Crippen LogP contribution in [0.1, 0.15) is 30.0 Å². The molecule has 0 saturated carbocycles. The van der Waals surface area contributed by atoms with Crippen LogP contribution in [0.4, 0.5) is 5.69 Å². The van der Waals surface area contributed by atoms with Crippen molar-refractivity contribution in [1.29, 1.82) is 0 Å². The maximum absolute atomic E-state index is 3.52. The average molecular weight is 280 g/mol. The number of nitrogens with zero attached hydrogens (tertiary/aromatic N) is 1. The van der Waals surface area contributed by atoms with Crippen LogP contribution in [-0.2, 0) is 19.5 Å². The van der Waals surface area contributed by atoms with Crippen molar-refractivity contribution >= 4 is 5.69 Å². The number of anilines is 1. The molecule has 3 rings (SSSR count). The summed E-state index contributed by atoms with van der Waals surface area (Å²) >= 11 is 0. The monoisotopic (exact) mass is 280 g/mol. The Labute approximate surface area is 127 Å². The van der Waals surface area contributed by atoms with Crippen LogP contribution >= 0.6 is 0 Å². The molecular weight excluding hydrogens is 256 g/mol. The van der Waals surface area contributed by atoms with Gasteiger partial charge < -0.3 is 10.2 Å². The lowest BCUT2D eigenvalue weighted by molar-refractivity contribution is 0.667. The highest BCUT2D eigenvalue weighted by Gasteiger charge is 2.17. The molecule has 110 valence electrons. The molecule has 0 radical (unpaired) electrons. The first kappa shape index (κ1) is 14.2. The van der Waals surface area contributed by atoms with Gasteiger partial charge in [0.1, 0.15) is 0 Å². The topological polar surface area (TPSA) is 15.3 Å². The van der Waals surface area contributed by atoms with Gasteiger partial charge in [0.2, 0.25) is 0 Å². The van der Waals surface area contributed by atoms with Gasteiger partial charge in [-0.2, -0.15) is 0 Å². The molecule has 0 saturated heterocycles. The molecule has 2 aromatic carbocycles. The van der Waals surface area contributed by atoms with E-state index in [0.29, 0.717) is 0 Å². The molecule has 1 aliphatic rings. The molecule has 1 N–H and O–H groups in total. The third kappa shape index (κ3) is 3.27. The molecule has 0 aromatic heterocycles. The van der Waals surface area contributed by atoms with Crippen molar-refractivity contribution in [2.45, 2.75) is 32.9 Å². The third-order valence-corrected chi connectivity index (χ3v) is 4.21. The number of rotatable bonds is 5. The van der Waals surface area contributed by atoms with Crippen LogP contribution < -0.4 is 10.2 Å². The Morgan fingerprint density at radius 3 is 2.62 bits per heavy atom. The Kier molecular flexibility index (Phi) is 4.56. The van der Waals surface area contributed by atoms with Crippen LogP contribution in [-0.4, -0.2) is 13.1 Å². The van der Waals surface area contributed by atoms with Gasteiger partial charge in [0.05, 0.1) is 0 Å². The van der Waals surface area contributed by atoms with Gasteiger partial charge in [0, 0.05) is 25.3 Å². The van der Waals surface area contributed by atoms with Gasteiger partial charge in [-0.1, -0.05) is 49.4 Å². The maximum Gasteiger partial charge on any atom is 0.0432 e. The first-order chi connectivity index (χ1) is 10.4. The number of hydrogen-bond donors (Lipinski definition) is 1. The van der Waals surface area contributed by atoms with Crippen LogP contribution in [0.15, 0.2) is 48.5 Å². The van der Waals surface area contributed by atoms with Crippen molar-refractivity contribution in [3.05, 3.63) is 65.2 Å². The lowest BCUT2D eigenvalue weighted by Gasteiger charge is -2.32. The van der Waals surface area contributed by atoms with Gasteiger partial charge in [0.15, 0.2) is 0 Å². The molecular formula is C19H24N2. The Morgan fingerprint density at radius 1 is 1.00 bits per heavy atom. The zero-order chi connectivity index (χ0) is 14.5. The van der Waals surface area contributed by atoms with E-state index in [2.05, 4.69) is 65.7 Å². The van der Waals surface area contributed by atoms with Crippen LogP contribution in [0.25, 0.3) is 0 Å². The zero-order valence-corrected chi connectivity index (χ0v) is 12.8. The second-order valence-electron chi connectivity index (χ2n) is 5.75. The van der Waals surface area contributed by atoms with Crippen LogP contribution in [0.2, 0.25) is 0 Å². The van der Waals surface area contributed by atoms with E-state index in [4.69, 9.17) is 0 Å².